The highest BCUT2D eigenvalue weighted by atomic mass is 32.2. The highest BCUT2D eigenvalue weighted by molar-refractivity contribution is 7.89. The Kier molecular flexibility index (Phi) is 10.2. The van der Waals surface area contributed by atoms with Gasteiger partial charge in [-0.1, -0.05) is 61.5 Å². The van der Waals surface area contributed by atoms with E-state index in [0.29, 0.717) is 39.4 Å². The van der Waals surface area contributed by atoms with Crippen molar-refractivity contribution in [2.75, 3.05) is 31.1 Å². The molecule has 1 aliphatic rings. The van der Waals surface area contributed by atoms with Crippen molar-refractivity contribution < 1.29 is 36.6 Å². The molecule has 3 heterocycles. The lowest BCUT2D eigenvalue weighted by Gasteiger charge is -2.40. The topological polar surface area (TPSA) is 168 Å². The molecule has 2 aromatic heterocycles. The fourth-order valence-electron chi connectivity index (χ4n) is 5.68. The minimum absolute atomic E-state index is 0.0219. The molecule has 0 aliphatic carbocycles. The van der Waals surface area contributed by atoms with E-state index in [-0.39, 0.29) is 43.1 Å². The standard InChI is InChI=1S/C35H33F2N7O6S/c1-2-35(36,37)25-11-7-23(8-12-25)17-40-34(47)29-20-43(31-19-39-28-18-38-22-41-33(28)42-31)15-16-44(29)51(48,49)26-13-9-24(10-14-26)27-5-3-4-6-30(27)50-21-32(45)46/h3-14,18-19,22,29H,2,15-17,20-21H2,1H3,(H,40,47)(H,45,46)/t29-/m1/s1. The fourth-order valence-corrected chi connectivity index (χ4v) is 7.25. The first-order chi connectivity index (χ1) is 24.5. The van der Waals surface area contributed by atoms with Crippen molar-refractivity contribution in [1.29, 1.82) is 0 Å². The van der Waals surface area contributed by atoms with E-state index in [0.717, 1.165) is 4.31 Å². The summed E-state index contributed by atoms with van der Waals surface area (Å²) >= 11 is 0. The number of carboxylic acid groups (broad SMARTS) is 1. The Morgan fingerprint density at radius 1 is 1.00 bits per heavy atom. The summed E-state index contributed by atoms with van der Waals surface area (Å²) in [4.78, 5) is 43.6. The number of nitrogens with zero attached hydrogens (tertiary/aromatic N) is 6. The zero-order valence-electron chi connectivity index (χ0n) is 27.3. The van der Waals surface area contributed by atoms with Crippen molar-refractivity contribution in [1.82, 2.24) is 29.6 Å². The number of carbonyl (C=O) groups excluding carboxylic acids is 1. The third-order valence-corrected chi connectivity index (χ3v) is 10.4. The van der Waals surface area contributed by atoms with Gasteiger partial charge < -0.3 is 20.1 Å². The second-order valence-electron chi connectivity index (χ2n) is 11.7. The normalized spacial score (nSPS) is 15.4. The molecular formula is C35H33F2N7O6S. The average molecular weight is 718 g/mol. The monoisotopic (exact) mass is 717 g/mol. The molecule has 13 nitrogen and oxygen atoms in total. The van der Waals surface area contributed by atoms with Gasteiger partial charge in [0.05, 0.1) is 17.3 Å². The van der Waals surface area contributed by atoms with Crippen LogP contribution in [0.2, 0.25) is 0 Å². The highest BCUT2D eigenvalue weighted by Crippen LogP contribution is 2.33. The van der Waals surface area contributed by atoms with Crippen LogP contribution in [-0.2, 0) is 32.1 Å². The minimum atomic E-state index is -4.24. The van der Waals surface area contributed by atoms with Gasteiger partial charge in [-0.3, -0.25) is 4.79 Å². The van der Waals surface area contributed by atoms with Crippen LogP contribution in [0.25, 0.3) is 22.3 Å². The van der Waals surface area contributed by atoms with E-state index in [1.807, 2.05) is 0 Å². The van der Waals surface area contributed by atoms with Gasteiger partial charge in [-0.05, 0) is 29.3 Å². The summed E-state index contributed by atoms with van der Waals surface area (Å²) in [5, 5.41) is 11.8. The number of sulfonamides is 1. The first kappa shape index (κ1) is 35.2. The summed E-state index contributed by atoms with van der Waals surface area (Å²) in [6.07, 6.45) is 4.01. The Balaban J connectivity index is 1.26. The molecule has 0 unspecified atom stereocenters. The summed E-state index contributed by atoms with van der Waals surface area (Å²) in [6.45, 7) is 0.881. The Labute approximate surface area is 292 Å². The number of para-hydroxylation sites is 1. The number of anilines is 1. The van der Waals surface area contributed by atoms with E-state index in [1.165, 1.54) is 62.0 Å². The number of fused-ring (bicyclic) bond motifs is 1. The molecule has 5 aromatic rings. The average Bonchev–Trinajstić information content (AvgIpc) is 3.16. The van der Waals surface area contributed by atoms with Crippen molar-refractivity contribution in [2.24, 2.45) is 0 Å². The van der Waals surface area contributed by atoms with Crippen LogP contribution < -0.4 is 15.0 Å². The van der Waals surface area contributed by atoms with E-state index < -0.39 is 40.5 Å². The number of carbonyl (C=O) groups is 2. The van der Waals surface area contributed by atoms with Gasteiger partial charge in [0.1, 0.15) is 29.5 Å². The molecule has 0 saturated carbocycles. The molecular weight excluding hydrogens is 684 g/mol. The summed E-state index contributed by atoms with van der Waals surface area (Å²) in [5.74, 6) is -3.99. The first-order valence-corrected chi connectivity index (χ1v) is 17.4. The highest BCUT2D eigenvalue weighted by Gasteiger charge is 2.41. The van der Waals surface area contributed by atoms with Crippen LogP contribution in [0.15, 0.2) is 96.4 Å². The van der Waals surface area contributed by atoms with Crippen molar-refractivity contribution in [2.45, 2.75) is 36.7 Å². The van der Waals surface area contributed by atoms with E-state index in [1.54, 1.807) is 41.3 Å². The third-order valence-electron chi connectivity index (χ3n) is 8.47. The quantitative estimate of drug-likeness (QED) is 0.189. The molecule has 1 fully saturated rings. The van der Waals surface area contributed by atoms with Crippen LogP contribution in [0.1, 0.15) is 24.5 Å². The maximum atomic E-state index is 14.2. The number of hydrogen-bond donors (Lipinski definition) is 2. The second kappa shape index (κ2) is 14.7. The lowest BCUT2D eigenvalue weighted by Crippen LogP contribution is -2.60. The van der Waals surface area contributed by atoms with Gasteiger partial charge in [-0.25, -0.2) is 41.9 Å². The number of halogens is 2. The van der Waals surface area contributed by atoms with Gasteiger partial charge in [0.25, 0.3) is 5.92 Å². The smallest absolute Gasteiger partial charge is 0.341 e. The first-order valence-electron chi connectivity index (χ1n) is 15.9. The molecule has 0 bridgehead atoms. The number of piperazine rings is 1. The Morgan fingerprint density at radius 3 is 2.47 bits per heavy atom. The summed E-state index contributed by atoms with van der Waals surface area (Å²) in [6, 6.07) is 17.2. The maximum Gasteiger partial charge on any atom is 0.341 e. The molecule has 6 rings (SSSR count). The molecule has 16 heteroatoms. The van der Waals surface area contributed by atoms with E-state index in [9.17, 15) is 26.8 Å². The van der Waals surface area contributed by atoms with Crippen molar-refractivity contribution in [3.8, 4) is 16.9 Å². The molecule has 1 aliphatic heterocycles. The Bertz CT molecular complexity index is 2150. The van der Waals surface area contributed by atoms with Crippen molar-refractivity contribution >= 4 is 38.9 Å². The summed E-state index contributed by atoms with van der Waals surface area (Å²) in [7, 11) is -4.24. The van der Waals surface area contributed by atoms with Crippen LogP contribution in [0, 0.1) is 0 Å². The number of amides is 1. The molecule has 264 valence electrons. The molecule has 1 saturated heterocycles. The van der Waals surface area contributed by atoms with Gasteiger partial charge in [-0.15, -0.1) is 0 Å². The van der Waals surface area contributed by atoms with Crippen molar-refractivity contribution in [3.05, 3.63) is 103 Å². The van der Waals surface area contributed by atoms with Crippen LogP contribution >= 0.6 is 0 Å². The van der Waals surface area contributed by atoms with Gasteiger partial charge in [-0.2, -0.15) is 4.31 Å². The van der Waals surface area contributed by atoms with E-state index in [4.69, 9.17) is 9.84 Å². The lowest BCUT2D eigenvalue weighted by molar-refractivity contribution is -0.139. The molecule has 0 radical (unpaired) electrons. The largest absolute Gasteiger partial charge is 0.481 e. The van der Waals surface area contributed by atoms with E-state index >= 15 is 0 Å². The number of hydrogen-bond acceptors (Lipinski definition) is 10. The number of rotatable bonds is 12. The molecule has 1 amide bonds. The van der Waals surface area contributed by atoms with Crippen molar-refractivity contribution in [3.63, 3.8) is 0 Å². The summed E-state index contributed by atoms with van der Waals surface area (Å²) in [5.41, 5.74) is 2.40. The van der Waals surface area contributed by atoms with Crippen LogP contribution in [0.4, 0.5) is 14.6 Å². The third kappa shape index (κ3) is 7.76. The predicted molar refractivity (Wildman–Crippen MR) is 183 cm³/mol. The predicted octanol–water partition coefficient (Wildman–Crippen LogP) is 4.25. The molecule has 0 spiro atoms. The lowest BCUT2D eigenvalue weighted by atomic mass is 10.0. The molecule has 1 atom stereocenters. The second-order valence-corrected chi connectivity index (χ2v) is 13.6. The Morgan fingerprint density at radius 2 is 1.75 bits per heavy atom. The van der Waals surface area contributed by atoms with E-state index in [2.05, 4.69) is 25.3 Å². The van der Waals surface area contributed by atoms with Gasteiger partial charge in [0.2, 0.25) is 15.9 Å². The van der Waals surface area contributed by atoms with Crippen LogP contribution in [-0.4, -0.2) is 81.9 Å². The SMILES string of the molecule is CCC(F)(F)c1ccc(CNC(=O)[C@H]2CN(c3cnc4cncnc4n3)CCN2S(=O)(=O)c2ccc(-c3ccccc3OCC(=O)O)cc2)cc1. The zero-order chi connectivity index (χ0) is 36.2. The Hall–Kier alpha value is -5.61. The molecule has 51 heavy (non-hydrogen) atoms. The molecule has 3 aromatic carbocycles. The number of aliphatic carboxylic acids is 1. The number of carboxylic acids is 1. The number of aromatic nitrogens is 4. The van der Waals surface area contributed by atoms with Crippen LogP contribution in [0.3, 0.4) is 0 Å². The number of benzene rings is 3. The van der Waals surface area contributed by atoms with Gasteiger partial charge in [0, 0.05) is 43.7 Å². The minimum Gasteiger partial charge on any atom is -0.481 e. The number of alkyl halides is 2. The van der Waals surface area contributed by atoms with Crippen LogP contribution in [0.5, 0.6) is 5.75 Å². The number of ether oxygens (including phenoxy) is 1. The number of nitrogens with one attached hydrogen (secondary N) is 1. The van der Waals surface area contributed by atoms with Gasteiger partial charge in [0.15, 0.2) is 12.3 Å². The fraction of sp³-hybridized carbons (Fsp3) is 0.257. The zero-order valence-corrected chi connectivity index (χ0v) is 28.1. The summed E-state index contributed by atoms with van der Waals surface area (Å²) < 4.78 is 63.2. The maximum absolute atomic E-state index is 14.2. The molecule has 2 N–H and O–H groups in total. The van der Waals surface area contributed by atoms with Gasteiger partial charge >= 0.3 is 5.97 Å².